The van der Waals surface area contributed by atoms with E-state index in [2.05, 4.69) is 22.0 Å². The second-order valence-corrected chi connectivity index (χ2v) is 6.58. The van der Waals surface area contributed by atoms with Crippen molar-refractivity contribution in [2.45, 2.75) is 45.3 Å². The normalized spacial score (nSPS) is 25.2. The highest BCUT2D eigenvalue weighted by Gasteiger charge is 2.46. The minimum atomic E-state index is -0.912. The van der Waals surface area contributed by atoms with E-state index in [1.807, 2.05) is 27.7 Å². The van der Waals surface area contributed by atoms with Gasteiger partial charge in [-0.2, -0.15) is 0 Å². The number of hydrogen-bond acceptors (Lipinski definition) is 2. The highest BCUT2D eigenvalue weighted by Crippen LogP contribution is 2.48. The fourth-order valence-electron chi connectivity index (χ4n) is 2.71. The van der Waals surface area contributed by atoms with E-state index in [0.717, 1.165) is 11.1 Å². The van der Waals surface area contributed by atoms with Gasteiger partial charge in [-0.3, -0.25) is 0 Å². The van der Waals surface area contributed by atoms with Crippen LogP contribution < -0.4 is 0 Å². The third kappa shape index (κ3) is 2.08. The smallest absolute Gasteiger partial charge is 0.336 e. The van der Waals surface area contributed by atoms with Gasteiger partial charge in [-0.05, 0) is 51.3 Å². The van der Waals surface area contributed by atoms with Crippen molar-refractivity contribution in [1.29, 1.82) is 0 Å². The van der Waals surface area contributed by atoms with Gasteiger partial charge in [0.25, 0.3) is 0 Å². The largest absolute Gasteiger partial charge is 0.478 e. The van der Waals surface area contributed by atoms with Gasteiger partial charge in [0.1, 0.15) is 0 Å². The molecule has 1 heterocycles. The minimum Gasteiger partial charge on any atom is -0.478 e. The summed E-state index contributed by atoms with van der Waals surface area (Å²) in [5, 5.41) is 9.26. The summed E-state index contributed by atoms with van der Waals surface area (Å²) in [6, 6.07) is 0. The summed E-state index contributed by atoms with van der Waals surface area (Å²) in [5.74, 6) is -0.912. The Kier molecular flexibility index (Phi) is 3.06. The molecule has 0 saturated carbocycles. The van der Waals surface area contributed by atoms with Crippen LogP contribution in [0.3, 0.4) is 0 Å². The number of hydrogen-bond donors (Lipinski definition) is 1. The number of ether oxygens (including phenoxy) is 1. The van der Waals surface area contributed by atoms with Gasteiger partial charge in [-0.15, -0.1) is 0 Å². The van der Waals surface area contributed by atoms with Gasteiger partial charge in [0, 0.05) is 4.48 Å². The first-order valence-electron chi connectivity index (χ1n) is 5.90. The van der Waals surface area contributed by atoms with Crippen molar-refractivity contribution in [2.24, 2.45) is 0 Å². The topological polar surface area (TPSA) is 46.5 Å². The number of fused-ring (bicyclic) bond motifs is 1. The minimum absolute atomic E-state index is 0.311. The third-order valence-electron chi connectivity index (χ3n) is 3.39. The Morgan fingerprint density at radius 2 is 1.83 bits per heavy atom. The number of rotatable bonds is 1. The van der Waals surface area contributed by atoms with E-state index in [-0.39, 0.29) is 5.60 Å². The Morgan fingerprint density at radius 3 is 2.39 bits per heavy atom. The van der Waals surface area contributed by atoms with E-state index >= 15 is 0 Å². The Morgan fingerprint density at radius 1 is 1.28 bits per heavy atom. The molecular formula is C14H17BrO3. The van der Waals surface area contributed by atoms with E-state index in [1.165, 1.54) is 0 Å². The summed E-state index contributed by atoms with van der Waals surface area (Å²) in [6.07, 6.45) is 4.38. The Labute approximate surface area is 115 Å². The van der Waals surface area contributed by atoms with Crippen molar-refractivity contribution >= 4 is 21.9 Å². The highest BCUT2D eigenvalue weighted by molar-refractivity contribution is 9.11. The molecule has 2 rings (SSSR count). The van der Waals surface area contributed by atoms with E-state index in [4.69, 9.17) is 4.74 Å². The molecule has 4 heteroatoms. The molecule has 0 amide bonds. The molecule has 1 fully saturated rings. The van der Waals surface area contributed by atoms with Gasteiger partial charge in [0.05, 0.1) is 16.8 Å². The lowest BCUT2D eigenvalue weighted by atomic mass is 9.87. The molecule has 0 radical (unpaired) electrons. The maximum absolute atomic E-state index is 11.3. The van der Waals surface area contributed by atoms with Gasteiger partial charge in [-0.1, -0.05) is 22.0 Å². The zero-order chi connectivity index (χ0) is 13.7. The van der Waals surface area contributed by atoms with Crippen LogP contribution in [0.25, 0.3) is 0 Å². The predicted molar refractivity (Wildman–Crippen MR) is 73.6 cm³/mol. The molecule has 1 aliphatic carbocycles. The molecular weight excluding hydrogens is 296 g/mol. The Balaban J connectivity index is 2.62. The molecule has 0 unspecified atom stereocenters. The SMILES string of the molecule is CC1(C)OC(C)(C)C2=CC(C(=O)O)=C(Br)CC=C21. The van der Waals surface area contributed by atoms with Crippen LogP contribution in [0.2, 0.25) is 0 Å². The molecule has 0 aromatic rings. The molecule has 0 aromatic heterocycles. The van der Waals surface area contributed by atoms with Crippen molar-refractivity contribution < 1.29 is 14.6 Å². The maximum Gasteiger partial charge on any atom is 0.336 e. The molecule has 0 atom stereocenters. The quantitative estimate of drug-likeness (QED) is 0.805. The zero-order valence-corrected chi connectivity index (χ0v) is 12.6. The van der Waals surface area contributed by atoms with Crippen LogP contribution in [0, 0.1) is 0 Å². The summed E-state index contributed by atoms with van der Waals surface area (Å²) in [6.45, 7) is 7.97. The summed E-state index contributed by atoms with van der Waals surface area (Å²) < 4.78 is 6.74. The molecule has 0 spiro atoms. The second kappa shape index (κ2) is 4.07. The number of halogens is 1. The van der Waals surface area contributed by atoms with E-state index in [9.17, 15) is 9.90 Å². The summed E-state index contributed by atoms with van der Waals surface area (Å²) in [7, 11) is 0. The van der Waals surface area contributed by atoms with Gasteiger partial charge in [0.2, 0.25) is 0 Å². The second-order valence-electron chi connectivity index (χ2n) is 5.63. The van der Waals surface area contributed by atoms with Gasteiger partial charge in [0.15, 0.2) is 0 Å². The average Bonchev–Trinajstić information content (AvgIpc) is 2.34. The first-order valence-corrected chi connectivity index (χ1v) is 6.70. The average molecular weight is 313 g/mol. The van der Waals surface area contributed by atoms with Gasteiger partial charge >= 0.3 is 5.97 Å². The van der Waals surface area contributed by atoms with Crippen molar-refractivity contribution in [3.8, 4) is 0 Å². The van der Waals surface area contributed by atoms with Crippen LogP contribution in [0.1, 0.15) is 34.1 Å². The van der Waals surface area contributed by atoms with E-state index in [1.54, 1.807) is 6.08 Å². The number of carbonyl (C=O) groups is 1. The molecule has 2 aliphatic rings. The van der Waals surface area contributed by atoms with E-state index < -0.39 is 11.6 Å². The monoisotopic (exact) mass is 312 g/mol. The standard InChI is InChI=1S/C14H17BrO3/c1-13(2)9-5-6-11(15)8(12(16)17)7-10(9)14(3,4)18-13/h5,7H,6H2,1-4H3,(H,16,17). The molecule has 3 nitrogen and oxygen atoms in total. The molecule has 1 saturated heterocycles. The summed E-state index contributed by atoms with van der Waals surface area (Å²) >= 11 is 3.36. The van der Waals surface area contributed by atoms with Crippen LogP contribution in [-0.4, -0.2) is 22.3 Å². The molecule has 1 aliphatic heterocycles. The highest BCUT2D eigenvalue weighted by atomic mass is 79.9. The van der Waals surface area contributed by atoms with Crippen molar-refractivity contribution in [2.75, 3.05) is 0 Å². The van der Waals surface area contributed by atoms with Gasteiger partial charge in [-0.25, -0.2) is 4.79 Å². The number of carboxylic acid groups (broad SMARTS) is 1. The van der Waals surface area contributed by atoms with Gasteiger partial charge < -0.3 is 9.84 Å². The van der Waals surface area contributed by atoms with Crippen molar-refractivity contribution in [3.05, 3.63) is 33.4 Å². The van der Waals surface area contributed by atoms with Crippen molar-refractivity contribution in [1.82, 2.24) is 0 Å². The van der Waals surface area contributed by atoms with Crippen LogP contribution in [0.15, 0.2) is 33.4 Å². The Bertz CT molecular complexity index is 507. The predicted octanol–water partition coefficient (Wildman–Crippen LogP) is 3.56. The number of allylic oxidation sites excluding steroid dienone is 2. The summed E-state index contributed by atoms with van der Waals surface area (Å²) in [5.41, 5.74) is 1.51. The van der Waals surface area contributed by atoms with Crippen LogP contribution in [0.4, 0.5) is 0 Å². The third-order valence-corrected chi connectivity index (χ3v) is 4.15. The van der Waals surface area contributed by atoms with Crippen LogP contribution in [-0.2, 0) is 9.53 Å². The lowest BCUT2D eigenvalue weighted by molar-refractivity contribution is -0.132. The molecule has 0 aromatic carbocycles. The number of carboxylic acids is 1. The fourth-order valence-corrected chi connectivity index (χ4v) is 3.15. The molecule has 98 valence electrons. The maximum atomic E-state index is 11.3. The zero-order valence-electron chi connectivity index (χ0n) is 11.0. The Hall–Kier alpha value is -0.870. The lowest BCUT2D eigenvalue weighted by Gasteiger charge is -2.23. The first kappa shape index (κ1) is 13.6. The fraction of sp³-hybridized carbons (Fsp3) is 0.500. The molecule has 18 heavy (non-hydrogen) atoms. The summed E-state index contributed by atoms with van der Waals surface area (Å²) in [4.78, 5) is 11.3. The van der Waals surface area contributed by atoms with Crippen LogP contribution >= 0.6 is 15.9 Å². The van der Waals surface area contributed by atoms with Crippen molar-refractivity contribution in [3.63, 3.8) is 0 Å². The molecule has 1 N–H and O–H groups in total. The number of aliphatic carboxylic acids is 1. The molecule has 0 bridgehead atoms. The van der Waals surface area contributed by atoms with E-state index in [0.29, 0.717) is 16.5 Å². The first-order chi connectivity index (χ1) is 8.15. The van der Waals surface area contributed by atoms with Crippen LogP contribution in [0.5, 0.6) is 0 Å². The lowest BCUT2D eigenvalue weighted by Crippen LogP contribution is -2.26.